The number of amides is 1. The van der Waals surface area contributed by atoms with E-state index in [1.165, 1.54) is 0 Å². The maximum absolute atomic E-state index is 13.3. The molecular formula is C11H12F5NO3Si. The summed E-state index contributed by atoms with van der Waals surface area (Å²) >= 11 is 0. The van der Waals surface area contributed by atoms with Gasteiger partial charge in [-0.05, 0) is 13.8 Å². The smallest absolute Gasteiger partial charge is 0.412 e. The highest BCUT2D eigenvalue weighted by molar-refractivity contribution is 5.98. The molecule has 0 atom stereocenters. The van der Waals surface area contributed by atoms with Crippen molar-refractivity contribution in [3.63, 3.8) is 0 Å². The van der Waals surface area contributed by atoms with Gasteiger partial charge in [0, 0.05) is 6.54 Å². The van der Waals surface area contributed by atoms with E-state index in [0.29, 0.717) is 10.5 Å². The van der Waals surface area contributed by atoms with Crippen LogP contribution in [-0.2, 0) is 4.43 Å². The van der Waals surface area contributed by atoms with Crippen molar-refractivity contribution in [1.29, 1.82) is 0 Å². The van der Waals surface area contributed by atoms with Crippen LogP contribution >= 0.6 is 0 Å². The Hall–Kier alpha value is -1.68. The minimum Gasteiger partial charge on any atom is -0.421 e. The summed E-state index contributed by atoms with van der Waals surface area (Å²) in [6.07, 6.45) is -1.37. The molecule has 0 aliphatic carbocycles. The Morgan fingerprint density at radius 1 is 1.05 bits per heavy atom. The summed E-state index contributed by atoms with van der Waals surface area (Å²) < 4.78 is 74.3. The van der Waals surface area contributed by atoms with E-state index in [0.717, 1.165) is 0 Å². The van der Waals surface area contributed by atoms with Gasteiger partial charge in [0.25, 0.3) is 0 Å². The lowest BCUT2D eigenvalue weighted by Gasteiger charge is -2.23. The van der Waals surface area contributed by atoms with Crippen molar-refractivity contribution in [2.24, 2.45) is 0 Å². The molecule has 0 unspecified atom stereocenters. The zero-order valence-electron chi connectivity index (χ0n) is 11.3. The summed E-state index contributed by atoms with van der Waals surface area (Å²) in [5.41, 5.74) is -0.748. The molecule has 21 heavy (non-hydrogen) atoms. The van der Waals surface area contributed by atoms with Crippen LogP contribution in [0.3, 0.4) is 0 Å². The monoisotopic (exact) mass is 329 g/mol. The minimum atomic E-state index is -2.33. The van der Waals surface area contributed by atoms with Crippen LogP contribution in [-0.4, -0.2) is 28.7 Å². The number of ether oxygens (including phenoxy) is 1. The Labute approximate surface area is 119 Å². The summed E-state index contributed by atoms with van der Waals surface area (Å²) in [5, 5.41) is 2.09. The molecule has 118 valence electrons. The van der Waals surface area contributed by atoms with E-state index in [1.807, 2.05) is 0 Å². The summed E-state index contributed by atoms with van der Waals surface area (Å²) in [7, 11) is 0.375. The first-order chi connectivity index (χ1) is 9.60. The number of hydrogen-bond acceptors (Lipinski definition) is 3. The third-order valence-corrected chi connectivity index (χ3v) is 3.68. The topological polar surface area (TPSA) is 47.6 Å². The Morgan fingerprint density at radius 2 is 1.48 bits per heavy atom. The normalized spacial score (nSPS) is 11.6. The predicted molar refractivity (Wildman–Crippen MR) is 65.4 cm³/mol. The summed E-state index contributed by atoms with van der Waals surface area (Å²) in [5.74, 6) is -12.8. The minimum absolute atomic E-state index is 0.0786. The molecule has 0 aliphatic heterocycles. The molecule has 1 N–H and O–H groups in total. The van der Waals surface area contributed by atoms with Crippen molar-refractivity contribution in [2.45, 2.75) is 19.4 Å². The predicted octanol–water partition coefficient (Wildman–Crippen LogP) is 1.55. The third kappa shape index (κ3) is 3.91. The average Bonchev–Trinajstić information content (AvgIpc) is 2.45. The molecule has 1 aromatic carbocycles. The lowest BCUT2D eigenvalue weighted by atomic mass is 10.1. The van der Waals surface area contributed by atoms with Crippen molar-refractivity contribution < 1.29 is 35.9 Å². The largest absolute Gasteiger partial charge is 0.421 e. The fraction of sp³-hybridized carbons (Fsp3) is 0.364. The molecule has 0 heterocycles. The fourth-order valence-electron chi connectivity index (χ4n) is 1.16. The summed E-state index contributed by atoms with van der Waals surface area (Å²) in [4.78, 5) is 11.3. The lowest BCUT2D eigenvalue weighted by molar-refractivity contribution is 0.117. The number of nitrogens with one attached hydrogen (secondary N) is 1. The maximum Gasteiger partial charge on any atom is 0.412 e. The van der Waals surface area contributed by atoms with Crippen LogP contribution in [0.1, 0.15) is 13.8 Å². The molecule has 0 saturated heterocycles. The molecule has 10 heteroatoms. The van der Waals surface area contributed by atoms with Crippen LogP contribution in [0.25, 0.3) is 0 Å². The van der Waals surface area contributed by atoms with Gasteiger partial charge in [0.15, 0.2) is 0 Å². The van der Waals surface area contributed by atoms with Gasteiger partial charge >= 0.3 is 6.09 Å². The highest BCUT2D eigenvalue weighted by Gasteiger charge is 2.29. The quantitative estimate of drug-likeness (QED) is 0.395. The lowest BCUT2D eigenvalue weighted by Crippen LogP contribution is -2.41. The first kappa shape index (κ1) is 17.4. The van der Waals surface area contributed by atoms with Crippen molar-refractivity contribution in [3.8, 4) is 5.75 Å². The van der Waals surface area contributed by atoms with Crippen LogP contribution in [0.4, 0.5) is 26.7 Å². The molecule has 4 nitrogen and oxygen atoms in total. The van der Waals surface area contributed by atoms with Gasteiger partial charge in [-0.2, -0.15) is 8.78 Å². The number of hydrogen-bond donors (Lipinski definition) is 1. The molecular weight excluding hydrogens is 317 g/mol. The Kier molecular flexibility index (Phi) is 5.29. The van der Waals surface area contributed by atoms with E-state index in [4.69, 9.17) is 4.43 Å². The first-order valence-corrected chi connectivity index (χ1v) is 6.44. The first-order valence-electron chi connectivity index (χ1n) is 5.63. The van der Waals surface area contributed by atoms with Crippen molar-refractivity contribution in [1.82, 2.24) is 5.32 Å². The second kappa shape index (κ2) is 6.39. The molecule has 1 aromatic rings. The second-order valence-electron chi connectivity index (χ2n) is 4.61. The molecule has 0 aromatic heterocycles. The van der Waals surface area contributed by atoms with Crippen LogP contribution in [0.2, 0.25) is 0 Å². The molecule has 0 bridgehead atoms. The van der Waals surface area contributed by atoms with Crippen LogP contribution in [0.15, 0.2) is 0 Å². The summed E-state index contributed by atoms with van der Waals surface area (Å²) in [6.45, 7) is 3.17. The van der Waals surface area contributed by atoms with Gasteiger partial charge < -0.3 is 14.5 Å². The molecule has 1 rings (SSSR count). The molecule has 0 saturated carbocycles. The highest BCUT2D eigenvalue weighted by Crippen LogP contribution is 2.29. The average molecular weight is 329 g/mol. The van der Waals surface area contributed by atoms with E-state index >= 15 is 0 Å². The third-order valence-electron chi connectivity index (χ3n) is 2.58. The van der Waals surface area contributed by atoms with Gasteiger partial charge in [-0.3, -0.25) is 0 Å². The van der Waals surface area contributed by atoms with Gasteiger partial charge in [-0.15, -0.1) is 0 Å². The van der Waals surface area contributed by atoms with Crippen LogP contribution in [0.5, 0.6) is 5.75 Å². The van der Waals surface area contributed by atoms with E-state index in [1.54, 1.807) is 13.8 Å². The van der Waals surface area contributed by atoms with E-state index in [2.05, 4.69) is 10.1 Å². The van der Waals surface area contributed by atoms with Gasteiger partial charge in [0.1, 0.15) is 10.5 Å². The van der Waals surface area contributed by atoms with E-state index < -0.39 is 46.5 Å². The number of carbonyl (C=O) groups excluding carboxylic acids is 1. The Morgan fingerprint density at radius 3 is 1.90 bits per heavy atom. The van der Waals surface area contributed by atoms with Crippen molar-refractivity contribution in [3.05, 3.63) is 29.1 Å². The number of benzene rings is 1. The Balaban J connectivity index is 2.92. The molecule has 0 fully saturated rings. The molecule has 0 spiro atoms. The number of carbonyl (C=O) groups is 1. The summed E-state index contributed by atoms with van der Waals surface area (Å²) in [6, 6.07) is 0. The van der Waals surface area contributed by atoms with Crippen LogP contribution < -0.4 is 10.1 Å². The molecule has 0 aliphatic rings. The Bertz CT molecular complexity index is 538. The number of rotatable bonds is 4. The van der Waals surface area contributed by atoms with Gasteiger partial charge in [-0.25, -0.2) is 18.0 Å². The SMILES string of the molecule is CC(C)(CNC(=O)Oc1c(F)c(F)c(F)c(F)c1F)O[SiH3]. The highest BCUT2D eigenvalue weighted by atomic mass is 28.2. The van der Waals surface area contributed by atoms with Crippen molar-refractivity contribution >= 4 is 16.6 Å². The molecule has 1 amide bonds. The van der Waals surface area contributed by atoms with Crippen molar-refractivity contribution in [2.75, 3.05) is 6.54 Å². The second-order valence-corrected chi connectivity index (χ2v) is 5.01. The molecule has 0 radical (unpaired) electrons. The van der Waals surface area contributed by atoms with E-state index in [9.17, 15) is 26.7 Å². The van der Waals surface area contributed by atoms with E-state index in [-0.39, 0.29) is 6.54 Å². The van der Waals surface area contributed by atoms with Gasteiger partial charge in [-0.1, -0.05) is 0 Å². The zero-order valence-corrected chi connectivity index (χ0v) is 13.3. The van der Waals surface area contributed by atoms with Gasteiger partial charge in [0.2, 0.25) is 34.8 Å². The van der Waals surface area contributed by atoms with Gasteiger partial charge in [0.05, 0.1) is 5.60 Å². The zero-order chi connectivity index (χ0) is 16.4. The van der Waals surface area contributed by atoms with Crippen LogP contribution in [0, 0.1) is 29.1 Å². The maximum atomic E-state index is 13.3. The number of halogens is 5. The standard InChI is InChI=1S/C11H12F5NO3Si/c1-11(2,20-21)3-17-10(18)19-9-7(15)5(13)4(12)6(14)8(9)16/h3H2,1-2,21H3,(H,17,18). The fourth-order valence-corrected chi connectivity index (χ4v) is 1.30.